The van der Waals surface area contributed by atoms with Crippen LogP contribution in [0.5, 0.6) is 11.5 Å². The highest BCUT2D eigenvalue weighted by Crippen LogP contribution is 2.41. The van der Waals surface area contributed by atoms with E-state index in [1.54, 1.807) is 13.3 Å². The summed E-state index contributed by atoms with van der Waals surface area (Å²) in [6, 6.07) is 5.82. The minimum atomic E-state index is -0.0796. The van der Waals surface area contributed by atoms with Gasteiger partial charge in [0.1, 0.15) is 4.88 Å². The normalized spacial score (nSPS) is 17.3. The SMILES string of the molecule is COc1cccc(CNC(=O)c2cnc(C3CC3)s2)c1OC1CCCC1. The van der Waals surface area contributed by atoms with E-state index in [4.69, 9.17) is 9.47 Å². The lowest BCUT2D eigenvalue weighted by molar-refractivity contribution is 0.0954. The van der Waals surface area contributed by atoms with Gasteiger partial charge in [-0.1, -0.05) is 12.1 Å². The van der Waals surface area contributed by atoms with Crippen molar-refractivity contribution in [1.82, 2.24) is 10.3 Å². The van der Waals surface area contributed by atoms with Crippen LogP contribution in [0.15, 0.2) is 24.4 Å². The summed E-state index contributed by atoms with van der Waals surface area (Å²) in [6.45, 7) is 0.411. The monoisotopic (exact) mass is 372 g/mol. The van der Waals surface area contributed by atoms with E-state index in [0.717, 1.165) is 34.9 Å². The van der Waals surface area contributed by atoms with E-state index in [1.807, 2.05) is 18.2 Å². The van der Waals surface area contributed by atoms with Crippen molar-refractivity contribution >= 4 is 17.2 Å². The highest BCUT2D eigenvalue weighted by atomic mass is 32.1. The fraction of sp³-hybridized carbons (Fsp3) is 0.500. The van der Waals surface area contributed by atoms with Gasteiger partial charge in [-0.2, -0.15) is 0 Å². The molecule has 2 aromatic rings. The zero-order valence-corrected chi connectivity index (χ0v) is 15.8. The van der Waals surface area contributed by atoms with Gasteiger partial charge < -0.3 is 14.8 Å². The van der Waals surface area contributed by atoms with E-state index in [-0.39, 0.29) is 12.0 Å². The van der Waals surface area contributed by atoms with Gasteiger partial charge in [0.25, 0.3) is 5.91 Å². The Labute approximate surface area is 157 Å². The molecule has 138 valence electrons. The molecule has 2 aliphatic rings. The second-order valence-corrected chi connectivity index (χ2v) is 8.05. The van der Waals surface area contributed by atoms with Crippen LogP contribution in [0.2, 0.25) is 0 Å². The second kappa shape index (κ2) is 7.66. The fourth-order valence-corrected chi connectivity index (χ4v) is 4.35. The smallest absolute Gasteiger partial charge is 0.263 e. The van der Waals surface area contributed by atoms with Crippen LogP contribution in [-0.2, 0) is 6.54 Å². The number of carbonyl (C=O) groups is 1. The number of amides is 1. The minimum absolute atomic E-state index is 0.0796. The first kappa shape index (κ1) is 17.3. The van der Waals surface area contributed by atoms with Gasteiger partial charge in [0.05, 0.1) is 24.4 Å². The fourth-order valence-electron chi connectivity index (χ4n) is 3.34. The van der Waals surface area contributed by atoms with Gasteiger partial charge in [-0.25, -0.2) is 4.98 Å². The maximum Gasteiger partial charge on any atom is 0.263 e. The summed E-state index contributed by atoms with van der Waals surface area (Å²) in [4.78, 5) is 17.5. The lowest BCUT2D eigenvalue weighted by Crippen LogP contribution is -2.23. The number of benzene rings is 1. The Hall–Kier alpha value is -2.08. The molecule has 6 heteroatoms. The molecule has 5 nitrogen and oxygen atoms in total. The number of nitrogens with zero attached hydrogens (tertiary/aromatic N) is 1. The quantitative estimate of drug-likeness (QED) is 0.788. The number of carbonyl (C=O) groups excluding carboxylic acids is 1. The van der Waals surface area contributed by atoms with E-state index >= 15 is 0 Å². The molecule has 2 aliphatic carbocycles. The molecule has 0 aliphatic heterocycles. The maximum atomic E-state index is 12.5. The molecule has 0 spiro atoms. The van der Waals surface area contributed by atoms with Gasteiger partial charge in [-0.05, 0) is 44.6 Å². The Morgan fingerprint density at radius 2 is 2.08 bits per heavy atom. The number of aromatic nitrogens is 1. The van der Waals surface area contributed by atoms with E-state index < -0.39 is 0 Å². The van der Waals surface area contributed by atoms with Crippen molar-refractivity contribution in [2.24, 2.45) is 0 Å². The molecular weight excluding hydrogens is 348 g/mol. The lowest BCUT2D eigenvalue weighted by atomic mass is 10.1. The number of methoxy groups -OCH3 is 1. The molecule has 0 saturated heterocycles. The van der Waals surface area contributed by atoms with Crippen molar-refractivity contribution in [3.63, 3.8) is 0 Å². The Morgan fingerprint density at radius 3 is 2.81 bits per heavy atom. The van der Waals surface area contributed by atoms with Crippen molar-refractivity contribution in [2.45, 2.75) is 57.1 Å². The van der Waals surface area contributed by atoms with E-state index in [0.29, 0.717) is 17.3 Å². The average Bonchev–Trinajstić information content (AvgIpc) is 3.17. The van der Waals surface area contributed by atoms with Gasteiger partial charge in [-0.3, -0.25) is 4.79 Å². The summed E-state index contributed by atoms with van der Waals surface area (Å²) in [5.41, 5.74) is 0.941. The Kier molecular flexibility index (Phi) is 5.11. The summed E-state index contributed by atoms with van der Waals surface area (Å²) in [5.74, 6) is 1.97. The topological polar surface area (TPSA) is 60.5 Å². The molecule has 1 aromatic carbocycles. The van der Waals surface area contributed by atoms with E-state index in [9.17, 15) is 4.79 Å². The van der Waals surface area contributed by atoms with Crippen LogP contribution in [0.3, 0.4) is 0 Å². The largest absolute Gasteiger partial charge is 0.493 e. The predicted molar refractivity (Wildman–Crippen MR) is 101 cm³/mol. The van der Waals surface area contributed by atoms with Crippen LogP contribution in [0.25, 0.3) is 0 Å². The van der Waals surface area contributed by atoms with Crippen LogP contribution in [0.4, 0.5) is 0 Å². The molecule has 2 fully saturated rings. The lowest BCUT2D eigenvalue weighted by Gasteiger charge is -2.19. The summed E-state index contributed by atoms with van der Waals surface area (Å²) >= 11 is 1.51. The van der Waals surface area contributed by atoms with Gasteiger partial charge in [-0.15, -0.1) is 11.3 Å². The molecule has 4 rings (SSSR count). The minimum Gasteiger partial charge on any atom is -0.493 e. The number of nitrogens with one attached hydrogen (secondary N) is 1. The van der Waals surface area contributed by atoms with Crippen LogP contribution in [0.1, 0.15) is 64.7 Å². The molecule has 26 heavy (non-hydrogen) atoms. The van der Waals surface area contributed by atoms with Gasteiger partial charge >= 0.3 is 0 Å². The standard InChI is InChI=1S/C20H24N2O3S/c1-24-16-8-4-5-14(18(16)25-15-6-2-3-7-15)11-21-19(23)17-12-22-20(26-17)13-9-10-13/h4-5,8,12-13,15H,2-3,6-7,9-11H2,1H3,(H,21,23). The van der Waals surface area contributed by atoms with Crippen LogP contribution >= 0.6 is 11.3 Å². The number of ether oxygens (including phenoxy) is 2. The first-order valence-corrected chi connectivity index (χ1v) is 10.1. The molecule has 0 unspecified atom stereocenters. The third-order valence-electron chi connectivity index (χ3n) is 4.98. The Bertz CT molecular complexity index is 779. The van der Waals surface area contributed by atoms with Gasteiger partial charge in [0, 0.05) is 18.0 Å². The number of thiazole rings is 1. The van der Waals surface area contributed by atoms with Crippen molar-refractivity contribution in [1.29, 1.82) is 0 Å². The number of rotatable bonds is 7. The van der Waals surface area contributed by atoms with Crippen LogP contribution in [-0.4, -0.2) is 24.1 Å². The predicted octanol–water partition coefficient (Wildman–Crippen LogP) is 4.28. The average molecular weight is 372 g/mol. The van der Waals surface area contributed by atoms with E-state index in [1.165, 1.54) is 37.0 Å². The van der Waals surface area contributed by atoms with Crippen molar-refractivity contribution in [2.75, 3.05) is 7.11 Å². The van der Waals surface area contributed by atoms with Crippen LogP contribution < -0.4 is 14.8 Å². The molecule has 0 atom stereocenters. The van der Waals surface area contributed by atoms with Crippen LogP contribution in [0, 0.1) is 0 Å². The molecule has 1 heterocycles. The summed E-state index contributed by atoms with van der Waals surface area (Å²) in [7, 11) is 1.65. The third-order valence-corrected chi connectivity index (χ3v) is 6.14. The van der Waals surface area contributed by atoms with Crippen molar-refractivity contribution in [3.8, 4) is 11.5 Å². The highest BCUT2D eigenvalue weighted by molar-refractivity contribution is 7.13. The van der Waals surface area contributed by atoms with E-state index in [2.05, 4.69) is 10.3 Å². The van der Waals surface area contributed by atoms with Crippen molar-refractivity contribution in [3.05, 3.63) is 39.8 Å². The highest BCUT2D eigenvalue weighted by Gasteiger charge is 2.27. The molecule has 2 saturated carbocycles. The molecule has 0 radical (unpaired) electrons. The molecule has 1 aromatic heterocycles. The number of hydrogen-bond acceptors (Lipinski definition) is 5. The van der Waals surface area contributed by atoms with Gasteiger partial charge in [0.15, 0.2) is 11.5 Å². The molecular formula is C20H24N2O3S. The first-order valence-electron chi connectivity index (χ1n) is 9.31. The summed E-state index contributed by atoms with van der Waals surface area (Å²) in [5, 5.41) is 4.09. The third kappa shape index (κ3) is 3.85. The number of para-hydroxylation sites is 1. The zero-order valence-electron chi connectivity index (χ0n) is 15.0. The Morgan fingerprint density at radius 1 is 1.27 bits per heavy atom. The summed E-state index contributed by atoms with van der Waals surface area (Å²) < 4.78 is 11.7. The zero-order chi connectivity index (χ0) is 17.9. The molecule has 1 N–H and O–H groups in total. The van der Waals surface area contributed by atoms with Crippen molar-refractivity contribution < 1.29 is 14.3 Å². The molecule has 0 bridgehead atoms. The first-order chi connectivity index (χ1) is 12.7. The number of hydrogen-bond donors (Lipinski definition) is 1. The maximum absolute atomic E-state index is 12.5. The van der Waals surface area contributed by atoms with Gasteiger partial charge in [0.2, 0.25) is 0 Å². The second-order valence-electron chi connectivity index (χ2n) is 6.99. The Balaban J connectivity index is 1.45. The molecule has 1 amide bonds. The summed E-state index contributed by atoms with van der Waals surface area (Å²) in [6.07, 6.45) is 8.89.